The maximum atomic E-state index is 12.6. The molecular formula is C28H23Cl2N4NaO3. The van der Waals surface area contributed by atoms with Crippen molar-refractivity contribution in [1.29, 1.82) is 0 Å². The Labute approximate surface area is 252 Å². The number of hydrogen-bond donors (Lipinski definition) is 2. The Bertz CT molecular complexity index is 1350. The van der Waals surface area contributed by atoms with Crippen molar-refractivity contribution in [3.8, 4) is 0 Å². The number of para-hydroxylation sites is 1. The number of halogens is 2. The molecule has 0 spiro atoms. The normalized spacial score (nSPS) is 11.4. The summed E-state index contributed by atoms with van der Waals surface area (Å²) in [5.74, 6) is -1.28. The molecule has 1 amide bonds. The Hall–Kier alpha value is -3.20. The van der Waals surface area contributed by atoms with Crippen molar-refractivity contribution in [2.75, 3.05) is 4.90 Å². The van der Waals surface area contributed by atoms with Crippen molar-refractivity contribution < 1.29 is 14.7 Å². The van der Waals surface area contributed by atoms with Gasteiger partial charge in [-0.2, -0.15) is 0 Å². The van der Waals surface area contributed by atoms with Crippen LogP contribution in [0, 0.1) is 0 Å². The van der Waals surface area contributed by atoms with Crippen LogP contribution in [-0.2, 0) is 4.79 Å². The van der Waals surface area contributed by atoms with Gasteiger partial charge in [-0.3, -0.25) is 9.69 Å². The molecule has 4 aromatic rings. The Morgan fingerprint density at radius 2 is 1.47 bits per heavy atom. The number of amides is 1. The fourth-order valence-electron chi connectivity index (χ4n) is 3.61. The number of nitrogens with one attached hydrogen (secondary N) is 1. The van der Waals surface area contributed by atoms with E-state index in [-0.39, 0.29) is 51.6 Å². The van der Waals surface area contributed by atoms with Crippen LogP contribution in [0.1, 0.15) is 22.3 Å². The first-order valence-electron chi connectivity index (χ1n) is 11.3. The van der Waals surface area contributed by atoms with Gasteiger partial charge in [-0.05, 0) is 54.4 Å². The van der Waals surface area contributed by atoms with Crippen LogP contribution < -0.4 is 10.2 Å². The number of carboxylic acids is 1. The maximum absolute atomic E-state index is 12.6. The zero-order valence-electron chi connectivity index (χ0n) is 19.5. The molecule has 1 atom stereocenters. The van der Waals surface area contributed by atoms with E-state index >= 15 is 0 Å². The number of benzene rings is 3. The molecule has 0 aliphatic carbocycles. The van der Waals surface area contributed by atoms with Crippen LogP contribution in [-0.4, -0.2) is 62.6 Å². The second-order valence-electron chi connectivity index (χ2n) is 7.91. The van der Waals surface area contributed by atoms with Crippen molar-refractivity contribution in [2.24, 2.45) is 0 Å². The summed E-state index contributed by atoms with van der Waals surface area (Å²) in [4.78, 5) is 35.0. The van der Waals surface area contributed by atoms with Crippen LogP contribution in [0.15, 0.2) is 97.3 Å². The van der Waals surface area contributed by atoms with Crippen molar-refractivity contribution >= 4 is 88.0 Å². The zero-order valence-corrected chi connectivity index (χ0v) is 21.0. The molecule has 38 heavy (non-hydrogen) atoms. The van der Waals surface area contributed by atoms with Gasteiger partial charge in [-0.15, -0.1) is 0 Å². The standard InChI is InChI=1S/C28H22Cl2N4O3.Na.H/c29-22-10-5-11-23(30)25(22)26(35)33-24(27(36)37)12-4-7-19-13-15-21(16-14-19)34(20-8-2-1-3-9-20)28-31-17-6-18-32-28;;/h1-11,13-18,24H,12H2,(H,33,35)(H,36,37);;. The molecule has 0 saturated carbocycles. The molecule has 0 bridgehead atoms. The van der Waals surface area contributed by atoms with Crippen LogP contribution in [0.2, 0.25) is 10.0 Å². The van der Waals surface area contributed by atoms with Crippen LogP contribution in [0.25, 0.3) is 6.08 Å². The van der Waals surface area contributed by atoms with Crippen molar-refractivity contribution in [3.05, 3.63) is 119 Å². The van der Waals surface area contributed by atoms with Gasteiger partial charge in [0.15, 0.2) is 0 Å². The third kappa shape index (κ3) is 7.43. The summed E-state index contributed by atoms with van der Waals surface area (Å²) < 4.78 is 0. The number of aliphatic carboxylic acids is 1. The molecule has 3 aromatic carbocycles. The average Bonchev–Trinajstić information content (AvgIpc) is 2.90. The van der Waals surface area contributed by atoms with Gasteiger partial charge < -0.3 is 10.4 Å². The fraction of sp³-hybridized carbons (Fsp3) is 0.0714. The number of carboxylic acid groups (broad SMARTS) is 1. The number of rotatable bonds is 9. The Morgan fingerprint density at radius 1 is 0.868 bits per heavy atom. The molecule has 0 saturated heterocycles. The minimum atomic E-state index is -1.17. The van der Waals surface area contributed by atoms with Crippen molar-refractivity contribution in [3.63, 3.8) is 0 Å². The number of nitrogens with zero attached hydrogens (tertiary/aromatic N) is 3. The molecule has 0 aliphatic rings. The van der Waals surface area contributed by atoms with E-state index in [1.807, 2.05) is 59.5 Å². The van der Waals surface area contributed by atoms with E-state index in [0.29, 0.717) is 5.95 Å². The van der Waals surface area contributed by atoms with Crippen LogP contribution in [0.4, 0.5) is 17.3 Å². The summed E-state index contributed by atoms with van der Waals surface area (Å²) in [7, 11) is 0. The topological polar surface area (TPSA) is 95.4 Å². The molecule has 0 aliphatic heterocycles. The van der Waals surface area contributed by atoms with Crippen molar-refractivity contribution in [1.82, 2.24) is 15.3 Å². The summed E-state index contributed by atoms with van der Waals surface area (Å²) in [5.41, 5.74) is 2.68. The number of anilines is 3. The molecule has 0 fully saturated rings. The fourth-order valence-corrected chi connectivity index (χ4v) is 4.17. The monoisotopic (exact) mass is 556 g/mol. The molecule has 1 heterocycles. The second kappa shape index (κ2) is 14.1. The van der Waals surface area contributed by atoms with Gasteiger partial charge in [0.25, 0.3) is 5.91 Å². The third-order valence-electron chi connectivity index (χ3n) is 5.39. The molecule has 0 radical (unpaired) electrons. The quantitative estimate of drug-likeness (QED) is 0.249. The average molecular weight is 557 g/mol. The van der Waals surface area contributed by atoms with E-state index in [9.17, 15) is 14.7 Å². The van der Waals surface area contributed by atoms with Crippen LogP contribution >= 0.6 is 23.2 Å². The molecule has 188 valence electrons. The first kappa shape index (κ1) is 29.4. The van der Waals surface area contributed by atoms with Crippen LogP contribution in [0.5, 0.6) is 0 Å². The zero-order chi connectivity index (χ0) is 26.2. The van der Waals surface area contributed by atoms with Gasteiger partial charge in [0.05, 0.1) is 15.6 Å². The van der Waals surface area contributed by atoms with E-state index in [4.69, 9.17) is 23.2 Å². The molecule has 1 aromatic heterocycles. The van der Waals surface area contributed by atoms with Gasteiger partial charge in [0.1, 0.15) is 6.04 Å². The number of carbonyl (C=O) groups excluding carboxylic acids is 1. The summed E-state index contributed by atoms with van der Waals surface area (Å²) in [5, 5.41) is 12.4. The van der Waals surface area contributed by atoms with Gasteiger partial charge in [-0.1, -0.05) is 71.8 Å². The minimum absolute atomic E-state index is 0. The van der Waals surface area contributed by atoms with E-state index in [2.05, 4.69) is 15.3 Å². The van der Waals surface area contributed by atoms with Gasteiger partial charge in [-0.25, -0.2) is 14.8 Å². The molecule has 10 heteroatoms. The Kier molecular flexibility index (Phi) is 10.9. The van der Waals surface area contributed by atoms with Gasteiger partial charge in [0.2, 0.25) is 5.95 Å². The Morgan fingerprint density at radius 3 is 2.08 bits per heavy atom. The summed E-state index contributed by atoms with van der Waals surface area (Å²) >= 11 is 12.1. The SMILES string of the molecule is O=C(NC(CC=Cc1ccc(N(c2ccccc2)c2ncccn2)cc1)C(=O)O)c1c(Cl)cccc1Cl.[NaH]. The molecule has 1 unspecified atom stereocenters. The summed E-state index contributed by atoms with van der Waals surface area (Å²) in [6, 6.07) is 22.7. The number of hydrogen-bond acceptors (Lipinski definition) is 5. The summed E-state index contributed by atoms with van der Waals surface area (Å²) in [6.45, 7) is 0. The second-order valence-corrected chi connectivity index (χ2v) is 8.72. The van der Waals surface area contributed by atoms with Crippen molar-refractivity contribution in [2.45, 2.75) is 12.5 Å². The first-order valence-corrected chi connectivity index (χ1v) is 12.1. The van der Waals surface area contributed by atoms with Crippen LogP contribution in [0.3, 0.4) is 0 Å². The van der Waals surface area contributed by atoms with Gasteiger partial charge >= 0.3 is 35.5 Å². The van der Waals surface area contributed by atoms with E-state index in [1.165, 1.54) is 12.1 Å². The molecule has 2 N–H and O–H groups in total. The van der Waals surface area contributed by atoms with Gasteiger partial charge in [0, 0.05) is 23.8 Å². The predicted molar refractivity (Wildman–Crippen MR) is 153 cm³/mol. The van der Waals surface area contributed by atoms with E-state index in [1.54, 1.807) is 36.7 Å². The molecule has 4 rings (SSSR count). The summed E-state index contributed by atoms with van der Waals surface area (Å²) in [6.07, 6.45) is 6.93. The third-order valence-corrected chi connectivity index (χ3v) is 6.02. The van der Waals surface area contributed by atoms with E-state index < -0.39 is 17.9 Å². The van der Waals surface area contributed by atoms with E-state index in [0.717, 1.165) is 16.9 Å². The molecule has 7 nitrogen and oxygen atoms in total. The predicted octanol–water partition coefficient (Wildman–Crippen LogP) is 5.89. The number of carbonyl (C=O) groups is 2. The first-order chi connectivity index (χ1) is 17.9. The Balaban J connectivity index is 0.00000400. The number of aromatic nitrogens is 2. The molecular weight excluding hydrogens is 534 g/mol.